The van der Waals surface area contributed by atoms with Crippen molar-refractivity contribution in [1.29, 1.82) is 5.26 Å². The van der Waals surface area contributed by atoms with E-state index in [4.69, 9.17) is 5.26 Å². The van der Waals surface area contributed by atoms with Crippen molar-refractivity contribution in [1.82, 2.24) is 9.88 Å². The molecule has 1 aromatic rings. The van der Waals surface area contributed by atoms with Crippen LogP contribution in [0.2, 0.25) is 0 Å². The summed E-state index contributed by atoms with van der Waals surface area (Å²) in [6, 6.07) is 6.59. The summed E-state index contributed by atoms with van der Waals surface area (Å²) in [5.74, 6) is 0. The molecule has 1 atom stereocenters. The van der Waals surface area contributed by atoms with E-state index in [1.54, 1.807) is 6.07 Å². The molecule has 0 aromatic carbocycles. The second kappa shape index (κ2) is 4.95. The smallest absolute Gasteiger partial charge is 0.140 e. The summed E-state index contributed by atoms with van der Waals surface area (Å²) >= 11 is 0. The van der Waals surface area contributed by atoms with Crippen LogP contribution in [-0.4, -0.2) is 42.1 Å². The average molecular weight is 242 g/mol. The maximum Gasteiger partial charge on any atom is 0.140 e. The molecular weight excluding hydrogens is 224 g/mol. The third kappa shape index (κ3) is 2.19. The molecule has 0 aliphatic carbocycles. The van der Waals surface area contributed by atoms with Crippen LogP contribution < -0.4 is 4.90 Å². The van der Waals surface area contributed by atoms with Gasteiger partial charge in [-0.3, -0.25) is 4.90 Å². The summed E-state index contributed by atoms with van der Waals surface area (Å²) in [5, 5.41) is 8.75. The van der Waals surface area contributed by atoms with E-state index in [2.05, 4.69) is 20.9 Å². The second-order valence-corrected chi connectivity index (χ2v) is 5.15. The van der Waals surface area contributed by atoms with Gasteiger partial charge < -0.3 is 4.90 Å². The standard InChI is InChI=1S/C14H18N4/c15-9-12-3-4-13(10-16-12)18-8-5-14(11-18)17-6-1-2-7-17/h3-4,10,14H,1-2,5-8,11H2. The van der Waals surface area contributed by atoms with Crippen molar-refractivity contribution in [3.63, 3.8) is 0 Å². The molecule has 2 fully saturated rings. The van der Waals surface area contributed by atoms with Gasteiger partial charge in [0.15, 0.2) is 0 Å². The average Bonchev–Trinajstić information content (AvgIpc) is 3.09. The van der Waals surface area contributed by atoms with Crippen molar-refractivity contribution in [2.75, 3.05) is 31.1 Å². The van der Waals surface area contributed by atoms with Gasteiger partial charge in [0.1, 0.15) is 11.8 Å². The lowest BCUT2D eigenvalue weighted by atomic mass is 10.2. The molecule has 3 heterocycles. The number of hydrogen-bond acceptors (Lipinski definition) is 4. The molecule has 0 radical (unpaired) electrons. The Kier molecular flexibility index (Phi) is 3.16. The Morgan fingerprint density at radius 3 is 2.72 bits per heavy atom. The molecule has 1 aromatic heterocycles. The highest BCUT2D eigenvalue weighted by atomic mass is 15.3. The Balaban J connectivity index is 1.65. The minimum absolute atomic E-state index is 0.494. The second-order valence-electron chi connectivity index (χ2n) is 5.15. The third-order valence-electron chi connectivity index (χ3n) is 4.05. The fourth-order valence-electron chi connectivity index (χ4n) is 3.02. The normalized spacial score (nSPS) is 24.4. The van der Waals surface area contributed by atoms with Gasteiger partial charge in [0.2, 0.25) is 0 Å². The Bertz CT molecular complexity index is 442. The van der Waals surface area contributed by atoms with Crippen LogP contribution in [0.3, 0.4) is 0 Å². The minimum atomic E-state index is 0.494. The quantitative estimate of drug-likeness (QED) is 0.790. The number of anilines is 1. The van der Waals surface area contributed by atoms with Crippen molar-refractivity contribution in [3.8, 4) is 6.07 Å². The van der Waals surface area contributed by atoms with Crippen molar-refractivity contribution in [2.24, 2.45) is 0 Å². The molecular formula is C14H18N4. The van der Waals surface area contributed by atoms with Crippen LogP contribution >= 0.6 is 0 Å². The summed E-state index contributed by atoms with van der Waals surface area (Å²) in [7, 11) is 0. The van der Waals surface area contributed by atoms with Gasteiger partial charge >= 0.3 is 0 Å². The Morgan fingerprint density at radius 2 is 2.06 bits per heavy atom. The van der Waals surface area contributed by atoms with E-state index in [1.807, 2.05) is 12.3 Å². The van der Waals surface area contributed by atoms with E-state index in [9.17, 15) is 0 Å². The Labute approximate surface area is 108 Å². The zero-order chi connectivity index (χ0) is 12.4. The molecule has 2 saturated heterocycles. The van der Waals surface area contributed by atoms with E-state index in [0.29, 0.717) is 11.7 Å². The molecule has 18 heavy (non-hydrogen) atoms. The molecule has 0 spiro atoms. The van der Waals surface area contributed by atoms with Gasteiger partial charge in [0.25, 0.3) is 0 Å². The monoisotopic (exact) mass is 242 g/mol. The first-order chi connectivity index (χ1) is 8.86. The molecule has 4 nitrogen and oxygen atoms in total. The van der Waals surface area contributed by atoms with Gasteiger partial charge in [-0.1, -0.05) is 0 Å². The number of aromatic nitrogens is 1. The predicted molar refractivity (Wildman–Crippen MR) is 70.4 cm³/mol. The summed E-state index contributed by atoms with van der Waals surface area (Å²) in [6.45, 7) is 4.75. The van der Waals surface area contributed by atoms with Crippen LogP contribution in [0.1, 0.15) is 25.0 Å². The molecule has 2 aliphatic heterocycles. The predicted octanol–water partition coefficient (Wildman–Crippen LogP) is 1.63. The zero-order valence-corrected chi connectivity index (χ0v) is 10.5. The molecule has 94 valence electrons. The molecule has 0 bridgehead atoms. The van der Waals surface area contributed by atoms with Crippen LogP contribution in [0.15, 0.2) is 18.3 Å². The summed E-state index contributed by atoms with van der Waals surface area (Å²) in [6.07, 6.45) is 5.79. The topological polar surface area (TPSA) is 43.2 Å². The number of hydrogen-bond donors (Lipinski definition) is 0. The fourth-order valence-corrected chi connectivity index (χ4v) is 3.02. The minimum Gasteiger partial charge on any atom is -0.369 e. The van der Waals surface area contributed by atoms with Crippen LogP contribution in [0.5, 0.6) is 0 Å². The zero-order valence-electron chi connectivity index (χ0n) is 10.5. The first kappa shape index (κ1) is 11.5. The molecule has 0 saturated carbocycles. The number of likely N-dealkylation sites (tertiary alicyclic amines) is 1. The van der Waals surface area contributed by atoms with E-state index in [1.165, 1.54) is 32.4 Å². The molecule has 0 amide bonds. The number of pyridine rings is 1. The lowest BCUT2D eigenvalue weighted by molar-refractivity contribution is 0.260. The molecule has 0 N–H and O–H groups in total. The van der Waals surface area contributed by atoms with E-state index < -0.39 is 0 Å². The molecule has 1 unspecified atom stereocenters. The Hall–Kier alpha value is -1.60. The fraction of sp³-hybridized carbons (Fsp3) is 0.571. The lowest BCUT2D eigenvalue weighted by Crippen LogP contribution is -2.35. The third-order valence-corrected chi connectivity index (χ3v) is 4.05. The van der Waals surface area contributed by atoms with Crippen LogP contribution in [-0.2, 0) is 0 Å². The van der Waals surface area contributed by atoms with Gasteiger partial charge in [-0.05, 0) is 44.5 Å². The summed E-state index contributed by atoms with van der Waals surface area (Å²) < 4.78 is 0. The van der Waals surface area contributed by atoms with Gasteiger partial charge in [-0.2, -0.15) is 5.26 Å². The maximum absolute atomic E-state index is 8.75. The number of nitrogens with zero attached hydrogens (tertiary/aromatic N) is 4. The van der Waals surface area contributed by atoms with E-state index in [0.717, 1.165) is 18.8 Å². The SMILES string of the molecule is N#Cc1ccc(N2CCC(N3CCCC3)C2)cn1. The van der Waals surface area contributed by atoms with Gasteiger partial charge in [-0.15, -0.1) is 0 Å². The van der Waals surface area contributed by atoms with Gasteiger partial charge in [0, 0.05) is 19.1 Å². The van der Waals surface area contributed by atoms with Gasteiger partial charge in [-0.25, -0.2) is 4.98 Å². The van der Waals surface area contributed by atoms with Crippen LogP contribution in [0.4, 0.5) is 5.69 Å². The largest absolute Gasteiger partial charge is 0.369 e. The first-order valence-corrected chi connectivity index (χ1v) is 6.72. The maximum atomic E-state index is 8.75. The van der Waals surface area contributed by atoms with Crippen molar-refractivity contribution in [3.05, 3.63) is 24.0 Å². The van der Waals surface area contributed by atoms with E-state index in [-0.39, 0.29) is 0 Å². The van der Waals surface area contributed by atoms with Crippen LogP contribution in [0, 0.1) is 11.3 Å². The van der Waals surface area contributed by atoms with Gasteiger partial charge in [0.05, 0.1) is 11.9 Å². The number of rotatable bonds is 2. The summed E-state index contributed by atoms with van der Waals surface area (Å²) in [4.78, 5) is 9.16. The summed E-state index contributed by atoms with van der Waals surface area (Å²) in [5.41, 5.74) is 1.64. The molecule has 3 rings (SSSR count). The molecule has 2 aliphatic rings. The highest BCUT2D eigenvalue weighted by Crippen LogP contribution is 2.24. The molecule has 4 heteroatoms. The number of nitriles is 1. The lowest BCUT2D eigenvalue weighted by Gasteiger charge is -2.24. The van der Waals surface area contributed by atoms with Crippen molar-refractivity contribution in [2.45, 2.75) is 25.3 Å². The van der Waals surface area contributed by atoms with Crippen molar-refractivity contribution < 1.29 is 0 Å². The van der Waals surface area contributed by atoms with E-state index >= 15 is 0 Å². The first-order valence-electron chi connectivity index (χ1n) is 6.72. The van der Waals surface area contributed by atoms with Crippen molar-refractivity contribution >= 4 is 5.69 Å². The highest BCUT2D eigenvalue weighted by molar-refractivity contribution is 5.47. The highest BCUT2D eigenvalue weighted by Gasteiger charge is 2.29. The Morgan fingerprint density at radius 1 is 1.22 bits per heavy atom. The van der Waals surface area contributed by atoms with Crippen LogP contribution in [0.25, 0.3) is 0 Å².